The second-order valence-electron chi connectivity index (χ2n) is 9.14. The van der Waals surface area contributed by atoms with Crippen LogP contribution in [0.15, 0.2) is 53.5 Å². The van der Waals surface area contributed by atoms with Crippen molar-refractivity contribution < 1.29 is 4.74 Å². The van der Waals surface area contributed by atoms with Crippen molar-refractivity contribution in [3.63, 3.8) is 0 Å². The molecule has 2 aromatic carbocycles. The van der Waals surface area contributed by atoms with E-state index in [1.165, 1.54) is 54.6 Å². The number of hydrogen-bond donors (Lipinski definition) is 2. The van der Waals surface area contributed by atoms with E-state index in [0.29, 0.717) is 0 Å². The van der Waals surface area contributed by atoms with Gasteiger partial charge in [-0.3, -0.25) is 14.8 Å². The molecule has 6 nitrogen and oxygen atoms in total. The third kappa shape index (κ3) is 8.83. The second-order valence-corrected chi connectivity index (χ2v) is 9.14. The number of likely N-dealkylation sites (tertiary alicyclic amines) is 1. The zero-order valence-electron chi connectivity index (χ0n) is 20.5. The Morgan fingerprint density at radius 2 is 1.35 bits per heavy atom. The molecular formula is C27H40IN5O. The average Bonchev–Trinajstić information content (AvgIpc) is 2.87. The van der Waals surface area contributed by atoms with Crippen LogP contribution in [-0.2, 0) is 30.9 Å². The Balaban J connectivity index is 0.00000324. The number of hydrogen-bond acceptors (Lipinski definition) is 4. The Kier molecular flexibility index (Phi) is 11.6. The molecule has 0 unspecified atom stereocenters. The van der Waals surface area contributed by atoms with Crippen LogP contribution in [0.3, 0.4) is 0 Å². The van der Waals surface area contributed by atoms with E-state index in [1.807, 2.05) is 7.05 Å². The Morgan fingerprint density at radius 1 is 0.765 bits per heavy atom. The summed E-state index contributed by atoms with van der Waals surface area (Å²) in [7, 11) is 1.83. The summed E-state index contributed by atoms with van der Waals surface area (Å²) in [5, 5.41) is 6.89. The first-order chi connectivity index (χ1) is 16.3. The first kappa shape index (κ1) is 26.9. The van der Waals surface area contributed by atoms with Crippen molar-refractivity contribution in [1.29, 1.82) is 0 Å². The molecule has 34 heavy (non-hydrogen) atoms. The number of nitrogens with zero attached hydrogens (tertiary/aromatic N) is 3. The van der Waals surface area contributed by atoms with E-state index in [-0.39, 0.29) is 24.0 Å². The molecule has 2 saturated heterocycles. The SMILES string of the molecule is CN=C(NCc1ccc(CN2CCCCC2)cc1)NCc1cccc(CN2CCOCC2)c1.I. The number of morpholine rings is 1. The molecule has 0 spiro atoms. The molecule has 2 fully saturated rings. The van der Waals surface area contributed by atoms with Crippen molar-refractivity contribution in [3.05, 3.63) is 70.8 Å². The van der Waals surface area contributed by atoms with Gasteiger partial charge in [0.2, 0.25) is 0 Å². The van der Waals surface area contributed by atoms with E-state index in [9.17, 15) is 0 Å². The zero-order chi connectivity index (χ0) is 22.7. The number of halogens is 1. The third-order valence-electron chi connectivity index (χ3n) is 6.52. The van der Waals surface area contributed by atoms with Gasteiger partial charge in [0, 0.05) is 46.3 Å². The number of ether oxygens (including phenoxy) is 1. The summed E-state index contributed by atoms with van der Waals surface area (Å²) in [4.78, 5) is 9.42. The monoisotopic (exact) mass is 577 g/mol. The molecule has 186 valence electrons. The lowest BCUT2D eigenvalue weighted by molar-refractivity contribution is 0.0342. The van der Waals surface area contributed by atoms with Crippen LogP contribution in [0.25, 0.3) is 0 Å². The van der Waals surface area contributed by atoms with Gasteiger partial charge < -0.3 is 15.4 Å². The Bertz CT molecular complexity index is 877. The van der Waals surface area contributed by atoms with Gasteiger partial charge in [-0.2, -0.15) is 0 Å². The minimum atomic E-state index is 0. The average molecular weight is 578 g/mol. The highest BCUT2D eigenvalue weighted by molar-refractivity contribution is 14.0. The van der Waals surface area contributed by atoms with Crippen molar-refractivity contribution >= 4 is 29.9 Å². The van der Waals surface area contributed by atoms with Crippen molar-refractivity contribution in [2.45, 2.75) is 45.4 Å². The van der Waals surface area contributed by atoms with E-state index < -0.39 is 0 Å². The van der Waals surface area contributed by atoms with Crippen molar-refractivity contribution in [1.82, 2.24) is 20.4 Å². The molecule has 0 radical (unpaired) electrons. The summed E-state index contributed by atoms with van der Waals surface area (Å²) in [6.45, 7) is 9.75. The first-order valence-corrected chi connectivity index (χ1v) is 12.4. The fraction of sp³-hybridized carbons (Fsp3) is 0.519. The topological polar surface area (TPSA) is 52.1 Å². The maximum Gasteiger partial charge on any atom is 0.191 e. The predicted octanol–water partition coefficient (Wildman–Crippen LogP) is 3.99. The lowest BCUT2D eigenvalue weighted by Crippen LogP contribution is -2.36. The Morgan fingerprint density at radius 3 is 2.06 bits per heavy atom. The maximum atomic E-state index is 5.46. The van der Waals surface area contributed by atoms with Gasteiger partial charge in [-0.05, 0) is 48.2 Å². The first-order valence-electron chi connectivity index (χ1n) is 12.4. The number of benzene rings is 2. The van der Waals surface area contributed by atoms with Gasteiger partial charge in [0.1, 0.15) is 0 Å². The summed E-state index contributed by atoms with van der Waals surface area (Å²) < 4.78 is 5.46. The molecule has 2 aromatic rings. The van der Waals surface area contributed by atoms with Crippen LogP contribution in [0, 0.1) is 0 Å². The van der Waals surface area contributed by atoms with Crippen molar-refractivity contribution in [2.75, 3.05) is 46.4 Å². The summed E-state index contributed by atoms with van der Waals surface area (Å²) in [6.07, 6.45) is 4.06. The normalized spacial score (nSPS) is 17.7. The van der Waals surface area contributed by atoms with E-state index in [0.717, 1.165) is 58.4 Å². The van der Waals surface area contributed by atoms with Crippen LogP contribution in [0.5, 0.6) is 0 Å². The molecule has 0 aromatic heterocycles. The molecule has 0 aliphatic carbocycles. The van der Waals surface area contributed by atoms with Crippen LogP contribution in [-0.4, -0.2) is 62.2 Å². The summed E-state index contributed by atoms with van der Waals surface area (Å²) in [5.74, 6) is 0.825. The molecular weight excluding hydrogens is 537 g/mol. The van der Waals surface area contributed by atoms with Gasteiger partial charge in [-0.25, -0.2) is 0 Å². The quantitative estimate of drug-likeness (QED) is 0.283. The highest BCUT2D eigenvalue weighted by Gasteiger charge is 2.11. The molecule has 2 heterocycles. The molecule has 0 saturated carbocycles. The lowest BCUT2D eigenvalue weighted by Gasteiger charge is -2.26. The standard InChI is InChI=1S/C27H39N5O.HI/c1-28-27(29-19-23-8-10-24(11-9-23)21-31-12-3-2-4-13-31)30-20-25-6-5-7-26(18-25)22-32-14-16-33-17-15-32;/h5-11,18H,2-4,12-17,19-22H2,1H3,(H2,28,29,30);1H. The van der Waals surface area contributed by atoms with E-state index in [2.05, 4.69) is 74.0 Å². The van der Waals surface area contributed by atoms with Crippen LogP contribution in [0.4, 0.5) is 0 Å². The second kappa shape index (κ2) is 14.7. The fourth-order valence-corrected chi connectivity index (χ4v) is 4.59. The maximum absolute atomic E-state index is 5.46. The largest absolute Gasteiger partial charge is 0.379 e. The fourth-order valence-electron chi connectivity index (χ4n) is 4.59. The van der Waals surface area contributed by atoms with Gasteiger partial charge in [0.05, 0.1) is 13.2 Å². The van der Waals surface area contributed by atoms with E-state index >= 15 is 0 Å². The lowest BCUT2D eigenvalue weighted by atomic mass is 10.1. The van der Waals surface area contributed by atoms with E-state index in [1.54, 1.807) is 0 Å². The predicted molar refractivity (Wildman–Crippen MR) is 151 cm³/mol. The third-order valence-corrected chi connectivity index (χ3v) is 6.52. The minimum absolute atomic E-state index is 0. The molecule has 7 heteroatoms. The van der Waals surface area contributed by atoms with Crippen LogP contribution >= 0.6 is 24.0 Å². The molecule has 2 N–H and O–H groups in total. The smallest absolute Gasteiger partial charge is 0.191 e. The van der Waals surface area contributed by atoms with Gasteiger partial charge >= 0.3 is 0 Å². The minimum Gasteiger partial charge on any atom is -0.379 e. The Hall–Kier alpha value is -1.68. The van der Waals surface area contributed by atoms with Crippen LogP contribution in [0.1, 0.15) is 41.5 Å². The van der Waals surface area contributed by atoms with Crippen LogP contribution < -0.4 is 10.6 Å². The summed E-state index contributed by atoms with van der Waals surface area (Å²) >= 11 is 0. The van der Waals surface area contributed by atoms with Gasteiger partial charge in [-0.1, -0.05) is 55.0 Å². The van der Waals surface area contributed by atoms with E-state index in [4.69, 9.17) is 4.74 Å². The molecule has 0 bridgehead atoms. The van der Waals surface area contributed by atoms with Crippen molar-refractivity contribution in [3.8, 4) is 0 Å². The summed E-state index contributed by atoms with van der Waals surface area (Å²) in [6, 6.07) is 17.8. The highest BCUT2D eigenvalue weighted by atomic mass is 127. The number of nitrogens with one attached hydrogen (secondary N) is 2. The summed E-state index contributed by atoms with van der Waals surface area (Å²) in [5.41, 5.74) is 5.29. The molecule has 4 rings (SSSR count). The zero-order valence-corrected chi connectivity index (χ0v) is 22.8. The van der Waals surface area contributed by atoms with Gasteiger partial charge in [0.15, 0.2) is 5.96 Å². The van der Waals surface area contributed by atoms with Crippen molar-refractivity contribution in [2.24, 2.45) is 4.99 Å². The molecule has 0 atom stereocenters. The number of guanidine groups is 1. The van der Waals surface area contributed by atoms with Gasteiger partial charge in [0.25, 0.3) is 0 Å². The Labute approximate surface area is 222 Å². The molecule has 0 amide bonds. The molecule has 2 aliphatic heterocycles. The van der Waals surface area contributed by atoms with Gasteiger partial charge in [-0.15, -0.1) is 24.0 Å². The van der Waals surface area contributed by atoms with Crippen LogP contribution in [0.2, 0.25) is 0 Å². The highest BCUT2D eigenvalue weighted by Crippen LogP contribution is 2.14. The molecule has 2 aliphatic rings. The number of aliphatic imine (C=N–C) groups is 1. The number of rotatable bonds is 8. The number of piperidine rings is 1.